The minimum atomic E-state index is -1.45. The van der Waals surface area contributed by atoms with Gasteiger partial charge < -0.3 is 5.11 Å². The highest BCUT2D eigenvalue weighted by Crippen LogP contribution is 2.30. The Morgan fingerprint density at radius 3 is 2.46 bits per heavy atom. The highest BCUT2D eigenvalue weighted by molar-refractivity contribution is 5.25. The Morgan fingerprint density at radius 2 is 1.79 bits per heavy atom. The molecular weight excluding hydrogens is 312 g/mol. The number of nitrogens with zero attached hydrogens (tertiary/aromatic N) is 3. The van der Waals surface area contributed by atoms with E-state index in [1.807, 2.05) is 0 Å². The summed E-state index contributed by atoms with van der Waals surface area (Å²) < 4.78 is 28.7. The number of aromatic nitrogens is 3. The largest absolute Gasteiger partial charge is 0.383 e. The van der Waals surface area contributed by atoms with Gasteiger partial charge >= 0.3 is 0 Å². The lowest BCUT2D eigenvalue weighted by atomic mass is 9.87. The Morgan fingerprint density at radius 1 is 1.04 bits per heavy atom. The minimum absolute atomic E-state index is 0.0785. The lowest BCUT2D eigenvalue weighted by Crippen LogP contribution is -2.33. The van der Waals surface area contributed by atoms with Crippen molar-refractivity contribution in [2.24, 2.45) is 0 Å². The first-order chi connectivity index (χ1) is 11.6. The molecule has 0 aliphatic heterocycles. The molecule has 124 valence electrons. The van der Waals surface area contributed by atoms with Gasteiger partial charge in [0.25, 0.3) is 0 Å². The second-order valence-corrected chi connectivity index (χ2v) is 5.73. The summed E-state index contributed by atoms with van der Waals surface area (Å²) in [5.41, 5.74) is -0.375. The molecule has 0 bridgehead atoms. The van der Waals surface area contributed by atoms with Gasteiger partial charge in [0.05, 0.1) is 6.54 Å². The lowest BCUT2D eigenvalue weighted by Gasteiger charge is -2.29. The van der Waals surface area contributed by atoms with E-state index in [2.05, 4.69) is 10.1 Å². The van der Waals surface area contributed by atoms with E-state index in [-0.39, 0.29) is 24.3 Å². The maximum Gasteiger partial charge on any atom is 0.137 e. The summed E-state index contributed by atoms with van der Waals surface area (Å²) in [6, 6.07) is 12.2. The zero-order valence-electron chi connectivity index (χ0n) is 12.9. The first kappa shape index (κ1) is 16.3. The van der Waals surface area contributed by atoms with Crippen molar-refractivity contribution in [1.82, 2.24) is 14.8 Å². The third-order valence-electron chi connectivity index (χ3n) is 4.01. The maximum atomic E-state index is 14.2. The van der Waals surface area contributed by atoms with Crippen molar-refractivity contribution in [3.63, 3.8) is 0 Å². The molecule has 1 atom stereocenters. The van der Waals surface area contributed by atoms with E-state index in [0.29, 0.717) is 6.42 Å². The molecule has 1 aromatic heterocycles. The van der Waals surface area contributed by atoms with E-state index in [1.54, 1.807) is 30.3 Å². The molecule has 0 amide bonds. The maximum absolute atomic E-state index is 14.2. The monoisotopic (exact) mass is 329 g/mol. The van der Waals surface area contributed by atoms with Crippen molar-refractivity contribution >= 4 is 0 Å². The molecule has 0 aliphatic rings. The van der Waals surface area contributed by atoms with Crippen molar-refractivity contribution in [3.05, 3.63) is 83.9 Å². The predicted octanol–water partition coefficient (Wildman–Crippen LogP) is 3.08. The molecule has 0 saturated heterocycles. The Balaban J connectivity index is 1.86. The van der Waals surface area contributed by atoms with Gasteiger partial charge in [-0.05, 0) is 36.6 Å². The molecule has 3 aromatic rings. The molecule has 2 aromatic carbocycles. The van der Waals surface area contributed by atoms with Crippen molar-refractivity contribution in [2.75, 3.05) is 0 Å². The predicted molar refractivity (Wildman–Crippen MR) is 85.0 cm³/mol. The van der Waals surface area contributed by atoms with Crippen LogP contribution in [0.1, 0.15) is 17.5 Å². The van der Waals surface area contributed by atoms with E-state index in [0.717, 1.165) is 5.56 Å². The van der Waals surface area contributed by atoms with Crippen LogP contribution in [0.2, 0.25) is 0 Å². The standard InChI is InChI=1S/C18H17F2N3O/c19-15-7-5-14(6-8-15)9-10-18(24,11-23-13-21-12-22-23)16-3-1-2-4-17(16)20/h1-8,12-13,24H,9-11H2. The summed E-state index contributed by atoms with van der Waals surface area (Å²) in [6.07, 6.45) is 3.57. The van der Waals surface area contributed by atoms with Gasteiger partial charge in [-0.25, -0.2) is 18.4 Å². The molecule has 3 rings (SSSR count). The average Bonchev–Trinajstić information content (AvgIpc) is 3.07. The summed E-state index contributed by atoms with van der Waals surface area (Å²) in [4.78, 5) is 3.86. The number of hydrogen-bond acceptors (Lipinski definition) is 3. The number of benzene rings is 2. The first-order valence-electron chi connectivity index (χ1n) is 7.61. The van der Waals surface area contributed by atoms with E-state index >= 15 is 0 Å². The molecule has 1 N–H and O–H groups in total. The van der Waals surface area contributed by atoms with Gasteiger partial charge in [-0.1, -0.05) is 30.3 Å². The van der Waals surface area contributed by atoms with Crippen LogP contribution < -0.4 is 0 Å². The second-order valence-electron chi connectivity index (χ2n) is 5.73. The summed E-state index contributed by atoms with van der Waals surface area (Å²) in [7, 11) is 0. The smallest absolute Gasteiger partial charge is 0.137 e. The molecule has 6 heteroatoms. The van der Waals surface area contributed by atoms with Crippen LogP contribution in [0.25, 0.3) is 0 Å². The zero-order chi connectivity index (χ0) is 17.0. The number of rotatable bonds is 6. The van der Waals surface area contributed by atoms with Crippen LogP contribution in [0.15, 0.2) is 61.2 Å². The minimum Gasteiger partial charge on any atom is -0.383 e. The first-order valence-corrected chi connectivity index (χ1v) is 7.61. The van der Waals surface area contributed by atoms with Gasteiger partial charge in [0.1, 0.15) is 29.9 Å². The van der Waals surface area contributed by atoms with Crippen molar-refractivity contribution in [1.29, 1.82) is 0 Å². The summed E-state index contributed by atoms with van der Waals surface area (Å²) in [5, 5.41) is 15.1. The van der Waals surface area contributed by atoms with Gasteiger partial charge in [0.2, 0.25) is 0 Å². The quantitative estimate of drug-likeness (QED) is 0.756. The van der Waals surface area contributed by atoms with Gasteiger partial charge in [-0.2, -0.15) is 5.10 Å². The van der Waals surface area contributed by atoms with Crippen LogP contribution in [-0.4, -0.2) is 19.9 Å². The zero-order valence-corrected chi connectivity index (χ0v) is 12.9. The molecular formula is C18H17F2N3O. The number of aryl methyl sites for hydroxylation is 1. The van der Waals surface area contributed by atoms with Crippen LogP contribution in [0.5, 0.6) is 0 Å². The Kier molecular flexibility index (Phi) is 4.66. The molecule has 24 heavy (non-hydrogen) atoms. The van der Waals surface area contributed by atoms with E-state index < -0.39 is 11.4 Å². The topological polar surface area (TPSA) is 50.9 Å². The number of aliphatic hydroxyl groups is 1. The van der Waals surface area contributed by atoms with Crippen LogP contribution in [0.3, 0.4) is 0 Å². The van der Waals surface area contributed by atoms with Crippen LogP contribution in [-0.2, 0) is 18.6 Å². The highest BCUT2D eigenvalue weighted by atomic mass is 19.1. The molecule has 0 spiro atoms. The fourth-order valence-electron chi connectivity index (χ4n) is 2.72. The van der Waals surface area contributed by atoms with E-state index in [9.17, 15) is 13.9 Å². The van der Waals surface area contributed by atoms with Gasteiger partial charge in [-0.15, -0.1) is 0 Å². The molecule has 0 radical (unpaired) electrons. The average molecular weight is 329 g/mol. The summed E-state index contributed by atoms with van der Waals surface area (Å²) in [5.74, 6) is -0.787. The fourth-order valence-corrected chi connectivity index (χ4v) is 2.72. The molecule has 0 aliphatic carbocycles. The van der Waals surface area contributed by atoms with Crippen LogP contribution >= 0.6 is 0 Å². The van der Waals surface area contributed by atoms with Crippen molar-refractivity contribution in [2.45, 2.75) is 25.0 Å². The number of hydrogen-bond donors (Lipinski definition) is 1. The third-order valence-corrected chi connectivity index (χ3v) is 4.01. The third kappa shape index (κ3) is 3.65. The van der Waals surface area contributed by atoms with Gasteiger partial charge in [-0.3, -0.25) is 0 Å². The Bertz CT molecular complexity index is 790. The Labute approximate surface area is 138 Å². The summed E-state index contributed by atoms with van der Waals surface area (Å²) >= 11 is 0. The second kappa shape index (κ2) is 6.88. The summed E-state index contributed by atoms with van der Waals surface area (Å²) in [6.45, 7) is 0.0785. The fraction of sp³-hybridized carbons (Fsp3) is 0.222. The van der Waals surface area contributed by atoms with Crippen molar-refractivity contribution in [3.8, 4) is 0 Å². The SMILES string of the molecule is OC(CCc1ccc(F)cc1)(Cn1cncn1)c1ccccc1F. The van der Waals surface area contributed by atoms with Crippen LogP contribution in [0, 0.1) is 11.6 Å². The molecule has 1 unspecified atom stereocenters. The van der Waals surface area contributed by atoms with E-state index in [4.69, 9.17) is 0 Å². The normalized spacial score (nSPS) is 13.6. The van der Waals surface area contributed by atoms with Crippen LogP contribution in [0.4, 0.5) is 8.78 Å². The molecule has 0 fully saturated rings. The van der Waals surface area contributed by atoms with E-state index in [1.165, 1.54) is 35.5 Å². The molecule has 4 nitrogen and oxygen atoms in total. The number of halogens is 2. The Hall–Kier alpha value is -2.60. The van der Waals surface area contributed by atoms with Gasteiger partial charge in [0.15, 0.2) is 0 Å². The highest BCUT2D eigenvalue weighted by Gasteiger charge is 2.32. The molecule has 1 heterocycles. The van der Waals surface area contributed by atoms with Gasteiger partial charge in [0, 0.05) is 5.56 Å². The lowest BCUT2D eigenvalue weighted by molar-refractivity contribution is 0.00325. The molecule has 0 saturated carbocycles. The van der Waals surface area contributed by atoms with Crippen molar-refractivity contribution < 1.29 is 13.9 Å².